The summed E-state index contributed by atoms with van der Waals surface area (Å²) in [6.45, 7) is 5.53. The Balaban J connectivity index is 1.46. The van der Waals surface area contributed by atoms with Crippen molar-refractivity contribution in [1.82, 2.24) is 10.6 Å². The van der Waals surface area contributed by atoms with Gasteiger partial charge in [0.05, 0.1) is 20.3 Å². The summed E-state index contributed by atoms with van der Waals surface area (Å²) in [5.41, 5.74) is 2.08. The highest BCUT2D eigenvalue weighted by molar-refractivity contribution is 5.89. The van der Waals surface area contributed by atoms with Gasteiger partial charge in [0, 0.05) is 6.42 Å². The molecule has 48 heavy (non-hydrogen) atoms. The van der Waals surface area contributed by atoms with Crippen molar-refractivity contribution in [2.24, 2.45) is 0 Å². The van der Waals surface area contributed by atoms with Crippen LogP contribution in [0.4, 0.5) is 4.79 Å². The average molecular weight is 663 g/mol. The van der Waals surface area contributed by atoms with Crippen LogP contribution in [0.1, 0.15) is 50.3 Å². The molecule has 0 fully saturated rings. The molecule has 0 radical (unpaired) electrons. The summed E-state index contributed by atoms with van der Waals surface area (Å²) in [5, 5.41) is 5.26. The van der Waals surface area contributed by atoms with E-state index >= 15 is 0 Å². The second-order valence-corrected chi connectivity index (χ2v) is 12.0. The van der Waals surface area contributed by atoms with Gasteiger partial charge in [0.1, 0.15) is 30.6 Å². The Bertz CT molecular complexity index is 1440. The van der Waals surface area contributed by atoms with Crippen LogP contribution < -0.4 is 15.4 Å². The standard InChI is InChI=1S/C37H46N2O9/c1-37(2,3)48-36(43)39-31(20-18-27-12-7-5-8-13-27)34(41)38-32(35(42)44-4)26-45-22-23-46-30-17-11-16-28(24-30)19-21-33(40)47-25-29-14-9-6-10-15-29/h5-17,24,31-32H,18-23,25-26H2,1-4H3,(H,38,41)(H,39,43)/t31-,32-/m0/s1. The number of esters is 2. The minimum absolute atomic E-state index is 0.118. The van der Waals surface area contributed by atoms with E-state index in [2.05, 4.69) is 10.6 Å². The first-order chi connectivity index (χ1) is 23.0. The molecule has 0 aliphatic heterocycles. The van der Waals surface area contributed by atoms with Gasteiger partial charge in [-0.05, 0) is 68.9 Å². The molecule has 0 aromatic heterocycles. The summed E-state index contributed by atoms with van der Waals surface area (Å²) >= 11 is 0. The molecule has 11 heteroatoms. The third kappa shape index (κ3) is 14.7. The second-order valence-electron chi connectivity index (χ2n) is 12.0. The molecule has 2 N–H and O–H groups in total. The van der Waals surface area contributed by atoms with Crippen LogP contribution in [-0.4, -0.2) is 68.6 Å². The van der Waals surface area contributed by atoms with Crippen LogP contribution in [0.2, 0.25) is 0 Å². The summed E-state index contributed by atoms with van der Waals surface area (Å²) in [6, 6.07) is 24.3. The maximum absolute atomic E-state index is 13.3. The molecule has 0 saturated heterocycles. The molecular weight excluding hydrogens is 616 g/mol. The summed E-state index contributed by atoms with van der Waals surface area (Å²) in [7, 11) is 1.21. The van der Waals surface area contributed by atoms with Crippen LogP contribution in [0.3, 0.4) is 0 Å². The van der Waals surface area contributed by atoms with Gasteiger partial charge >= 0.3 is 18.0 Å². The molecule has 0 saturated carbocycles. The second kappa shape index (κ2) is 19.7. The normalized spacial score (nSPS) is 12.2. The van der Waals surface area contributed by atoms with Gasteiger partial charge in [-0.25, -0.2) is 9.59 Å². The summed E-state index contributed by atoms with van der Waals surface area (Å²) in [5.74, 6) is -0.957. The number of aryl methyl sites for hydroxylation is 2. The number of carbonyl (C=O) groups excluding carboxylic acids is 4. The highest BCUT2D eigenvalue weighted by atomic mass is 16.6. The molecule has 0 heterocycles. The van der Waals surface area contributed by atoms with Gasteiger partial charge < -0.3 is 34.3 Å². The summed E-state index contributed by atoms with van der Waals surface area (Å²) in [4.78, 5) is 50.5. The number of amides is 2. The first-order valence-corrected chi connectivity index (χ1v) is 15.9. The monoisotopic (exact) mass is 662 g/mol. The minimum atomic E-state index is -1.12. The molecule has 0 bridgehead atoms. The predicted molar refractivity (Wildman–Crippen MR) is 179 cm³/mol. The molecule has 3 rings (SSSR count). The summed E-state index contributed by atoms with van der Waals surface area (Å²) in [6.07, 6.45) is 0.763. The van der Waals surface area contributed by atoms with Gasteiger partial charge in [-0.3, -0.25) is 9.59 Å². The first kappa shape index (κ1) is 37.6. The van der Waals surface area contributed by atoms with Crippen molar-refractivity contribution in [3.05, 3.63) is 102 Å². The lowest BCUT2D eigenvalue weighted by Gasteiger charge is -2.25. The van der Waals surface area contributed by atoms with Crippen molar-refractivity contribution in [3.63, 3.8) is 0 Å². The van der Waals surface area contributed by atoms with Crippen LogP contribution in [0.5, 0.6) is 5.75 Å². The Morgan fingerprint density at radius 2 is 1.42 bits per heavy atom. The Labute approximate surface area is 282 Å². The summed E-state index contributed by atoms with van der Waals surface area (Å²) < 4.78 is 27.0. The van der Waals surface area contributed by atoms with Crippen molar-refractivity contribution in [3.8, 4) is 5.75 Å². The molecular formula is C37H46N2O9. The fraction of sp³-hybridized carbons (Fsp3) is 0.405. The average Bonchev–Trinajstić information content (AvgIpc) is 3.07. The van der Waals surface area contributed by atoms with Crippen molar-refractivity contribution < 1.29 is 42.9 Å². The maximum atomic E-state index is 13.3. The van der Waals surface area contributed by atoms with Crippen molar-refractivity contribution in [2.45, 2.75) is 70.7 Å². The molecule has 258 valence electrons. The lowest BCUT2D eigenvalue weighted by atomic mass is 10.0. The molecule has 2 atom stereocenters. The molecule has 11 nitrogen and oxygen atoms in total. The minimum Gasteiger partial charge on any atom is -0.491 e. The van der Waals surface area contributed by atoms with Gasteiger partial charge in [-0.1, -0.05) is 72.8 Å². The van der Waals surface area contributed by atoms with Gasteiger partial charge in [0.25, 0.3) is 0 Å². The van der Waals surface area contributed by atoms with Crippen LogP contribution in [0.25, 0.3) is 0 Å². The van der Waals surface area contributed by atoms with Gasteiger partial charge in [-0.2, -0.15) is 0 Å². The van der Waals surface area contributed by atoms with E-state index < -0.39 is 35.7 Å². The highest BCUT2D eigenvalue weighted by Gasteiger charge is 2.29. The van der Waals surface area contributed by atoms with Crippen LogP contribution in [-0.2, 0) is 52.8 Å². The van der Waals surface area contributed by atoms with E-state index in [1.807, 2.05) is 78.9 Å². The molecule has 3 aromatic rings. The maximum Gasteiger partial charge on any atom is 0.408 e. The zero-order valence-electron chi connectivity index (χ0n) is 28.1. The van der Waals surface area contributed by atoms with Crippen LogP contribution in [0.15, 0.2) is 84.9 Å². The number of nitrogens with one attached hydrogen (secondary N) is 2. The molecule has 0 aliphatic rings. The SMILES string of the molecule is COC(=O)[C@H](COCCOc1cccc(CCC(=O)OCc2ccccc2)c1)NC(=O)[C@H](CCc1ccccc1)NC(=O)OC(C)(C)C. The highest BCUT2D eigenvalue weighted by Crippen LogP contribution is 2.15. The number of carbonyl (C=O) groups is 4. The molecule has 0 unspecified atom stereocenters. The smallest absolute Gasteiger partial charge is 0.408 e. The zero-order chi connectivity index (χ0) is 34.8. The Morgan fingerprint density at radius 1 is 0.750 bits per heavy atom. The Morgan fingerprint density at radius 3 is 2.08 bits per heavy atom. The van der Waals surface area contributed by atoms with Crippen LogP contribution >= 0.6 is 0 Å². The Kier molecular flexibility index (Phi) is 15.4. The van der Waals surface area contributed by atoms with Crippen molar-refractivity contribution in [2.75, 3.05) is 26.9 Å². The fourth-order valence-electron chi connectivity index (χ4n) is 4.52. The van der Waals surface area contributed by atoms with Gasteiger partial charge in [0.15, 0.2) is 6.04 Å². The molecule has 3 aromatic carbocycles. The lowest BCUT2D eigenvalue weighted by molar-refractivity contribution is -0.147. The quantitative estimate of drug-likeness (QED) is 0.110. The number of alkyl carbamates (subject to hydrolysis) is 1. The van der Waals surface area contributed by atoms with E-state index in [1.54, 1.807) is 26.8 Å². The van der Waals surface area contributed by atoms with Crippen LogP contribution in [0, 0.1) is 0 Å². The Hall–Kier alpha value is -4.90. The van der Waals surface area contributed by atoms with E-state index in [0.29, 0.717) is 18.6 Å². The fourth-order valence-corrected chi connectivity index (χ4v) is 4.52. The lowest BCUT2D eigenvalue weighted by Crippen LogP contribution is -2.54. The predicted octanol–water partition coefficient (Wildman–Crippen LogP) is 4.94. The van der Waals surface area contributed by atoms with E-state index in [-0.39, 0.29) is 45.2 Å². The van der Waals surface area contributed by atoms with E-state index in [9.17, 15) is 19.2 Å². The van der Waals surface area contributed by atoms with Gasteiger partial charge in [0.2, 0.25) is 5.91 Å². The number of hydrogen-bond donors (Lipinski definition) is 2. The zero-order valence-corrected chi connectivity index (χ0v) is 28.1. The molecule has 2 amide bonds. The van der Waals surface area contributed by atoms with Crippen molar-refractivity contribution in [1.29, 1.82) is 0 Å². The van der Waals surface area contributed by atoms with E-state index in [4.69, 9.17) is 23.7 Å². The van der Waals surface area contributed by atoms with E-state index in [1.165, 1.54) is 7.11 Å². The third-order valence-electron chi connectivity index (χ3n) is 6.91. The number of benzene rings is 3. The number of methoxy groups -OCH3 is 1. The molecule has 0 spiro atoms. The number of hydrogen-bond acceptors (Lipinski definition) is 9. The van der Waals surface area contributed by atoms with E-state index in [0.717, 1.165) is 16.7 Å². The third-order valence-corrected chi connectivity index (χ3v) is 6.91. The van der Waals surface area contributed by atoms with Crippen molar-refractivity contribution >= 4 is 23.9 Å². The van der Waals surface area contributed by atoms with Gasteiger partial charge in [-0.15, -0.1) is 0 Å². The number of rotatable bonds is 18. The molecule has 0 aliphatic carbocycles. The number of ether oxygens (including phenoxy) is 5. The topological polar surface area (TPSA) is 138 Å². The first-order valence-electron chi connectivity index (χ1n) is 15.9. The largest absolute Gasteiger partial charge is 0.491 e.